The Kier molecular flexibility index (Phi) is 8.30. The maximum absolute atomic E-state index is 13.3. The topological polar surface area (TPSA) is 89.2 Å². The van der Waals surface area contributed by atoms with Crippen LogP contribution in [0, 0.1) is 0 Å². The van der Waals surface area contributed by atoms with Gasteiger partial charge >= 0.3 is 0 Å². The van der Waals surface area contributed by atoms with Gasteiger partial charge in [-0.25, -0.2) is 0 Å². The molecule has 2 aromatic carbocycles. The summed E-state index contributed by atoms with van der Waals surface area (Å²) < 4.78 is 1.36. The Balaban J connectivity index is 1.68. The lowest BCUT2D eigenvalue weighted by Gasteiger charge is -2.25. The summed E-state index contributed by atoms with van der Waals surface area (Å²) in [6.45, 7) is 2.96. The quantitative estimate of drug-likeness (QED) is 0.465. The van der Waals surface area contributed by atoms with Crippen molar-refractivity contribution in [2.45, 2.75) is 33.9 Å². The third kappa shape index (κ3) is 6.86. The highest BCUT2D eigenvalue weighted by Crippen LogP contribution is 2.32. The van der Waals surface area contributed by atoms with Crippen LogP contribution in [0.25, 0.3) is 0 Å². The summed E-state index contributed by atoms with van der Waals surface area (Å²) in [6, 6.07) is 19.9. The lowest BCUT2D eigenvalue weighted by molar-refractivity contribution is -0.131. The molecule has 1 heterocycles. The molecule has 0 aliphatic heterocycles. The predicted octanol–water partition coefficient (Wildman–Crippen LogP) is 3.83. The van der Waals surface area contributed by atoms with E-state index < -0.39 is 5.91 Å². The molecule has 1 aromatic heterocycles. The van der Waals surface area contributed by atoms with Crippen LogP contribution in [0.4, 0.5) is 0 Å². The Morgan fingerprint density at radius 1 is 0.967 bits per heavy atom. The summed E-state index contributed by atoms with van der Waals surface area (Å²) in [5.74, 6) is -0.199. The maximum atomic E-state index is 13.3. The normalized spacial score (nSPS) is 11.8. The summed E-state index contributed by atoms with van der Waals surface area (Å²) in [5.41, 5.74) is 7.34. The van der Waals surface area contributed by atoms with Gasteiger partial charge in [-0.1, -0.05) is 95.5 Å². The second kappa shape index (κ2) is 11.1. The van der Waals surface area contributed by atoms with E-state index >= 15 is 0 Å². The van der Waals surface area contributed by atoms with Gasteiger partial charge in [0.15, 0.2) is 8.68 Å². The van der Waals surface area contributed by atoms with Crippen molar-refractivity contribution < 1.29 is 9.59 Å². The Labute approximate surface area is 188 Å². The van der Waals surface area contributed by atoms with Crippen LogP contribution in [0.15, 0.2) is 69.3 Å². The van der Waals surface area contributed by atoms with E-state index in [1.165, 1.54) is 34.9 Å². The van der Waals surface area contributed by atoms with Crippen molar-refractivity contribution in [2.24, 2.45) is 5.73 Å². The number of aromatic nitrogens is 2. The van der Waals surface area contributed by atoms with Crippen LogP contribution in [0.3, 0.4) is 0 Å². The van der Waals surface area contributed by atoms with Gasteiger partial charge in [-0.05, 0) is 18.1 Å². The van der Waals surface area contributed by atoms with Gasteiger partial charge in [0.25, 0.3) is 0 Å². The zero-order valence-corrected chi connectivity index (χ0v) is 18.9. The molecule has 156 valence electrons. The highest BCUT2D eigenvalue weighted by atomic mass is 32.2. The number of rotatable bonds is 10. The fourth-order valence-electron chi connectivity index (χ4n) is 2.71. The van der Waals surface area contributed by atoms with Crippen LogP contribution >= 0.6 is 34.9 Å². The molecule has 9 heteroatoms. The molecule has 6 nitrogen and oxygen atoms in total. The second-order valence-electron chi connectivity index (χ2n) is 6.51. The molecule has 0 unspecified atom stereocenters. The van der Waals surface area contributed by atoms with Crippen LogP contribution in [0.2, 0.25) is 0 Å². The van der Waals surface area contributed by atoms with Crippen molar-refractivity contribution in [3.05, 3.63) is 71.8 Å². The SMILES string of the molecule is C[C@@H](Sc1nnc(SCC(N)=O)s1)C(=O)N(Cc1ccccc1)Cc1ccccc1. The average molecular weight is 459 g/mol. The summed E-state index contributed by atoms with van der Waals surface area (Å²) in [4.78, 5) is 26.1. The number of nitrogens with zero attached hydrogens (tertiary/aromatic N) is 3. The van der Waals surface area contributed by atoms with Crippen LogP contribution in [-0.2, 0) is 22.7 Å². The lowest BCUT2D eigenvalue weighted by atomic mass is 10.1. The number of hydrogen-bond acceptors (Lipinski definition) is 7. The molecule has 2 amide bonds. The summed E-state index contributed by atoms with van der Waals surface area (Å²) in [6.07, 6.45) is 0. The molecular formula is C21H22N4O2S3. The van der Waals surface area contributed by atoms with E-state index in [-0.39, 0.29) is 16.9 Å². The molecule has 0 radical (unpaired) electrons. The number of thioether (sulfide) groups is 2. The van der Waals surface area contributed by atoms with Crippen molar-refractivity contribution in [1.29, 1.82) is 0 Å². The summed E-state index contributed by atoms with van der Waals surface area (Å²) in [5, 5.41) is 7.87. The van der Waals surface area contributed by atoms with Gasteiger partial charge < -0.3 is 10.6 Å². The summed E-state index contributed by atoms with van der Waals surface area (Å²) in [7, 11) is 0. The van der Waals surface area contributed by atoms with Crippen LogP contribution in [0.1, 0.15) is 18.1 Å². The first-order valence-corrected chi connectivity index (χ1v) is 12.0. The van der Waals surface area contributed by atoms with Gasteiger partial charge in [0.2, 0.25) is 11.8 Å². The van der Waals surface area contributed by atoms with Gasteiger partial charge in [-0.15, -0.1) is 10.2 Å². The Morgan fingerprint density at radius 2 is 1.50 bits per heavy atom. The van der Waals surface area contributed by atoms with Gasteiger partial charge in [-0.3, -0.25) is 9.59 Å². The monoisotopic (exact) mass is 458 g/mol. The van der Waals surface area contributed by atoms with Crippen LogP contribution in [0.5, 0.6) is 0 Å². The van der Waals surface area contributed by atoms with E-state index in [0.29, 0.717) is 21.8 Å². The molecule has 30 heavy (non-hydrogen) atoms. The minimum atomic E-state index is -0.398. The zero-order chi connectivity index (χ0) is 21.3. The largest absolute Gasteiger partial charge is 0.369 e. The van der Waals surface area contributed by atoms with E-state index in [0.717, 1.165) is 11.1 Å². The molecule has 0 fully saturated rings. The fraction of sp³-hybridized carbons (Fsp3) is 0.238. The highest BCUT2D eigenvalue weighted by molar-refractivity contribution is 8.04. The standard InChI is InChI=1S/C21H22N4O2S3/c1-15(29-21-24-23-20(30-21)28-14-18(22)26)19(27)25(12-16-8-4-2-5-9-16)13-17-10-6-3-7-11-17/h2-11,15H,12-14H2,1H3,(H2,22,26)/t15-/m1/s1. The maximum Gasteiger partial charge on any atom is 0.236 e. The molecule has 0 spiro atoms. The average Bonchev–Trinajstić information content (AvgIpc) is 3.20. The molecule has 0 aliphatic rings. The molecule has 2 N–H and O–H groups in total. The van der Waals surface area contributed by atoms with E-state index in [1.54, 1.807) is 0 Å². The number of nitrogens with two attached hydrogens (primary N) is 1. The molecule has 0 bridgehead atoms. The smallest absolute Gasteiger partial charge is 0.236 e. The number of carbonyl (C=O) groups excluding carboxylic acids is 2. The lowest BCUT2D eigenvalue weighted by Crippen LogP contribution is -2.35. The van der Waals surface area contributed by atoms with E-state index in [1.807, 2.05) is 72.5 Å². The van der Waals surface area contributed by atoms with E-state index in [9.17, 15) is 9.59 Å². The third-order valence-electron chi connectivity index (χ3n) is 4.10. The first kappa shape index (κ1) is 22.3. The van der Waals surface area contributed by atoms with Gasteiger partial charge in [-0.2, -0.15) is 0 Å². The second-order valence-corrected chi connectivity index (χ2v) is 10.3. The third-order valence-corrected chi connectivity index (χ3v) is 7.35. The number of amides is 2. The highest BCUT2D eigenvalue weighted by Gasteiger charge is 2.23. The van der Waals surface area contributed by atoms with E-state index in [4.69, 9.17) is 5.73 Å². The fourth-order valence-corrected chi connectivity index (χ4v) is 5.70. The Hall–Kier alpha value is -2.36. The molecule has 0 saturated carbocycles. The van der Waals surface area contributed by atoms with Gasteiger partial charge in [0.1, 0.15) is 0 Å². The van der Waals surface area contributed by atoms with Crippen LogP contribution in [-0.4, -0.2) is 37.9 Å². The van der Waals surface area contributed by atoms with E-state index in [2.05, 4.69) is 10.2 Å². The number of benzene rings is 2. The number of primary amides is 1. The Bertz CT molecular complexity index is 925. The first-order chi connectivity index (χ1) is 14.5. The molecule has 0 aliphatic carbocycles. The van der Waals surface area contributed by atoms with Crippen molar-refractivity contribution in [1.82, 2.24) is 15.1 Å². The predicted molar refractivity (Wildman–Crippen MR) is 122 cm³/mol. The van der Waals surface area contributed by atoms with Crippen molar-refractivity contribution in [2.75, 3.05) is 5.75 Å². The Morgan fingerprint density at radius 3 is 2.03 bits per heavy atom. The van der Waals surface area contributed by atoms with Gasteiger partial charge in [0, 0.05) is 13.1 Å². The summed E-state index contributed by atoms with van der Waals surface area (Å²) >= 11 is 4.00. The number of carbonyl (C=O) groups is 2. The minimum Gasteiger partial charge on any atom is -0.369 e. The van der Waals surface area contributed by atoms with Gasteiger partial charge in [0.05, 0.1) is 11.0 Å². The molecule has 1 atom stereocenters. The first-order valence-electron chi connectivity index (χ1n) is 9.29. The van der Waals surface area contributed by atoms with Crippen LogP contribution < -0.4 is 5.73 Å². The number of hydrogen-bond donors (Lipinski definition) is 1. The molecule has 3 aromatic rings. The molecule has 0 saturated heterocycles. The minimum absolute atomic E-state index is 0.0363. The molecular weight excluding hydrogens is 436 g/mol. The molecule has 3 rings (SSSR count). The van der Waals surface area contributed by atoms with Crippen molar-refractivity contribution >= 4 is 46.7 Å². The van der Waals surface area contributed by atoms with Crippen molar-refractivity contribution in [3.8, 4) is 0 Å². The zero-order valence-electron chi connectivity index (χ0n) is 16.4. The van der Waals surface area contributed by atoms with Crippen molar-refractivity contribution in [3.63, 3.8) is 0 Å².